The number of rotatable bonds is 6. The molecule has 0 spiro atoms. The quantitative estimate of drug-likeness (QED) is 0.613. The average molecular weight is 462 g/mol. The fourth-order valence-electron chi connectivity index (χ4n) is 5.08. The van der Waals surface area contributed by atoms with E-state index >= 15 is 0 Å². The summed E-state index contributed by atoms with van der Waals surface area (Å²) in [5, 5.41) is 0. The summed E-state index contributed by atoms with van der Waals surface area (Å²) in [7, 11) is 1.77. The molecule has 2 aromatic rings. The summed E-state index contributed by atoms with van der Waals surface area (Å²) >= 11 is 0. The molecule has 0 bridgehead atoms. The molecule has 1 aromatic heterocycles. The normalized spacial score (nSPS) is 20.6. The van der Waals surface area contributed by atoms with Crippen LogP contribution in [-0.2, 0) is 4.79 Å². The first-order valence-electron chi connectivity index (χ1n) is 12.5. The third-order valence-electron chi connectivity index (χ3n) is 7.41. The van der Waals surface area contributed by atoms with Crippen LogP contribution in [0.25, 0.3) is 11.3 Å². The maximum Gasteiger partial charge on any atom is 0.236 e. The second-order valence-corrected chi connectivity index (χ2v) is 9.54. The second kappa shape index (κ2) is 10.6. The number of nitrogens with zero attached hydrogens (tertiary/aromatic N) is 7. The Bertz CT molecular complexity index is 988. The van der Waals surface area contributed by atoms with Gasteiger partial charge in [-0.2, -0.15) is 0 Å². The molecule has 0 atom stereocenters. The number of amides is 1. The highest BCUT2D eigenvalue weighted by molar-refractivity contribution is 5.82. The molecule has 8 heteroatoms. The molecule has 3 heterocycles. The first-order valence-corrected chi connectivity index (χ1v) is 12.5. The fraction of sp³-hybridized carbons (Fsp3) is 0.538. The summed E-state index contributed by atoms with van der Waals surface area (Å²) in [6, 6.07) is 8.93. The summed E-state index contributed by atoms with van der Waals surface area (Å²) in [5.74, 6) is 1.18. The highest BCUT2D eigenvalue weighted by Crippen LogP contribution is 2.25. The molecule has 1 aliphatic carbocycles. The number of carbonyl (C=O) groups excluding carboxylic acids is 1. The van der Waals surface area contributed by atoms with E-state index in [1.54, 1.807) is 7.05 Å². The first kappa shape index (κ1) is 22.9. The van der Waals surface area contributed by atoms with Crippen LogP contribution in [-0.4, -0.2) is 109 Å². The van der Waals surface area contributed by atoms with E-state index in [1.807, 2.05) is 36.8 Å². The minimum Gasteiger partial charge on any atom is -0.353 e. The van der Waals surface area contributed by atoms with Gasteiger partial charge in [0.05, 0.1) is 24.6 Å². The van der Waals surface area contributed by atoms with E-state index in [0.717, 1.165) is 81.0 Å². The predicted octanol–water partition coefficient (Wildman–Crippen LogP) is 2.01. The topological polar surface area (TPSA) is 68.2 Å². The van der Waals surface area contributed by atoms with Gasteiger partial charge in [-0.1, -0.05) is 24.6 Å². The van der Waals surface area contributed by atoms with Crippen molar-refractivity contribution in [3.8, 4) is 11.3 Å². The van der Waals surface area contributed by atoms with Crippen molar-refractivity contribution in [2.24, 2.45) is 4.99 Å². The van der Waals surface area contributed by atoms with Crippen LogP contribution in [0.5, 0.6) is 0 Å². The first-order chi connectivity index (χ1) is 16.7. The summed E-state index contributed by atoms with van der Waals surface area (Å²) < 4.78 is 0. The van der Waals surface area contributed by atoms with Gasteiger partial charge in [-0.15, -0.1) is 0 Å². The molecule has 2 saturated heterocycles. The van der Waals surface area contributed by atoms with Crippen LogP contribution in [0.1, 0.15) is 24.8 Å². The van der Waals surface area contributed by atoms with Gasteiger partial charge < -0.3 is 9.80 Å². The van der Waals surface area contributed by atoms with Crippen molar-refractivity contribution in [1.29, 1.82) is 0 Å². The van der Waals surface area contributed by atoms with Gasteiger partial charge >= 0.3 is 0 Å². The van der Waals surface area contributed by atoms with Gasteiger partial charge in [0.2, 0.25) is 5.91 Å². The molecular formula is C26H35N7O. The largest absolute Gasteiger partial charge is 0.353 e. The molecule has 5 rings (SSSR count). The van der Waals surface area contributed by atoms with E-state index < -0.39 is 0 Å². The summed E-state index contributed by atoms with van der Waals surface area (Å²) in [6.45, 7) is 7.82. The van der Waals surface area contributed by atoms with Crippen LogP contribution in [0.3, 0.4) is 0 Å². The van der Waals surface area contributed by atoms with Crippen molar-refractivity contribution in [3.63, 3.8) is 0 Å². The van der Waals surface area contributed by atoms with Crippen molar-refractivity contribution in [3.05, 3.63) is 42.2 Å². The van der Waals surface area contributed by atoms with Gasteiger partial charge in [-0.3, -0.25) is 24.6 Å². The standard InChI is InChI=1S/C26H35N7O/c1-27-17-21-4-2-5-22(16-21)24-18-29-25(19-28-24)32-10-8-30(9-11-32)20-26(34)33-14-12-31(13-15-33)23-6-3-7-23/h2,4-5,16-19,23H,3,6-15,20H2,1H3. The van der Waals surface area contributed by atoms with Gasteiger partial charge in [0.25, 0.3) is 0 Å². The van der Waals surface area contributed by atoms with Gasteiger partial charge in [-0.25, -0.2) is 4.98 Å². The molecule has 0 N–H and O–H groups in total. The molecule has 1 amide bonds. The Morgan fingerprint density at radius 1 is 1.03 bits per heavy atom. The Morgan fingerprint density at radius 3 is 2.47 bits per heavy atom. The lowest BCUT2D eigenvalue weighted by Gasteiger charge is -2.43. The minimum atomic E-state index is 0.279. The number of anilines is 1. The molecule has 180 valence electrons. The number of piperazine rings is 2. The van der Waals surface area contributed by atoms with Crippen molar-refractivity contribution in [2.45, 2.75) is 25.3 Å². The van der Waals surface area contributed by atoms with Crippen LogP contribution < -0.4 is 4.90 Å². The van der Waals surface area contributed by atoms with E-state index in [9.17, 15) is 4.79 Å². The smallest absolute Gasteiger partial charge is 0.236 e. The lowest BCUT2D eigenvalue weighted by atomic mass is 9.91. The lowest BCUT2D eigenvalue weighted by molar-refractivity contribution is -0.134. The molecule has 3 fully saturated rings. The number of benzene rings is 1. The van der Waals surface area contributed by atoms with Crippen molar-refractivity contribution in [2.75, 3.05) is 70.9 Å². The molecule has 34 heavy (non-hydrogen) atoms. The van der Waals surface area contributed by atoms with Gasteiger partial charge in [0, 0.05) is 77.2 Å². The lowest BCUT2D eigenvalue weighted by Crippen LogP contribution is -2.56. The number of hydrogen-bond donors (Lipinski definition) is 0. The Morgan fingerprint density at radius 2 is 1.82 bits per heavy atom. The zero-order chi connectivity index (χ0) is 23.3. The number of aromatic nitrogens is 2. The third-order valence-corrected chi connectivity index (χ3v) is 7.41. The van der Waals surface area contributed by atoms with Gasteiger partial charge in [0.15, 0.2) is 0 Å². The van der Waals surface area contributed by atoms with E-state index in [2.05, 4.69) is 40.6 Å². The maximum absolute atomic E-state index is 12.8. The predicted molar refractivity (Wildman–Crippen MR) is 135 cm³/mol. The van der Waals surface area contributed by atoms with E-state index in [1.165, 1.54) is 19.3 Å². The summed E-state index contributed by atoms with van der Waals surface area (Å²) in [5.41, 5.74) is 2.95. The molecule has 2 aliphatic heterocycles. The Hall–Kier alpha value is -2.84. The number of carbonyl (C=O) groups is 1. The minimum absolute atomic E-state index is 0.279. The van der Waals surface area contributed by atoms with E-state index in [0.29, 0.717) is 6.54 Å². The van der Waals surface area contributed by atoms with Crippen molar-refractivity contribution < 1.29 is 4.79 Å². The van der Waals surface area contributed by atoms with Crippen LogP contribution in [0.2, 0.25) is 0 Å². The highest BCUT2D eigenvalue weighted by Gasteiger charge is 2.30. The van der Waals surface area contributed by atoms with Gasteiger partial charge in [0.1, 0.15) is 5.82 Å². The maximum atomic E-state index is 12.8. The summed E-state index contributed by atoms with van der Waals surface area (Å²) in [6.07, 6.45) is 9.59. The Balaban J connectivity index is 1.09. The second-order valence-electron chi connectivity index (χ2n) is 9.54. The molecule has 1 saturated carbocycles. The highest BCUT2D eigenvalue weighted by atomic mass is 16.2. The Labute approximate surface area is 202 Å². The van der Waals surface area contributed by atoms with Crippen molar-refractivity contribution >= 4 is 17.9 Å². The zero-order valence-electron chi connectivity index (χ0n) is 20.1. The van der Waals surface area contributed by atoms with Crippen LogP contribution in [0.15, 0.2) is 41.7 Å². The zero-order valence-corrected chi connectivity index (χ0v) is 20.1. The fourth-order valence-corrected chi connectivity index (χ4v) is 5.08. The molecule has 1 aromatic carbocycles. The Kier molecular flexibility index (Phi) is 7.16. The van der Waals surface area contributed by atoms with Gasteiger partial charge in [-0.05, 0) is 24.5 Å². The molecule has 8 nitrogen and oxygen atoms in total. The monoisotopic (exact) mass is 461 g/mol. The summed E-state index contributed by atoms with van der Waals surface area (Å²) in [4.78, 5) is 35.4. The third kappa shape index (κ3) is 5.28. The number of hydrogen-bond acceptors (Lipinski definition) is 7. The molecular weight excluding hydrogens is 426 g/mol. The van der Waals surface area contributed by atoms with Crippen LogP contribution >= 0.6 is 0 Å². The number of aliphatic imine (C=N–C) groups is 1. The van der Waals surface area contributed by atoms with Crippen molar-refractivity contribution in [1.82, 2.24) is 24.7 Å². The van der Waals surface area contributed by atoms with Crippen LogP contribution in [0.4, 0.5) is 5.82 Å². The SMILES string of the molecule is CN=Cc1cccc(-c2cnc(N3CCN(CC(=O)N4CCN(C5CCC5)CC4)CC3)cn2)c1. The molecule has 0 unspecified atom stereocenters. The average Bonchev–Trinajstić information content (AvgIpc) is 2.84. The molecule has 3 aliphatic rings. The van der Waals surface area contributed by atoms with Crippen LogP contribution in [0, 0.1) is 0 Å². The van der Waals surface area contributed by atoms with E-state index in [-0.39, 0.29) is 5.91 Å². The molecule has 0 radical (unpaired) electrons. The van der Waals surface area contributed by atoms with E-state index in [4.69, 9.17) is 0 Å².